The van der Waals surface area contributed by atoms with Crippen LogP contribution in [0.2, 0.25) is 0 Å². The second-order valence-corrected chi connectivity index (χ2v) is 4.71. The van der Waals surface area contributed by atoms with Gasteiger partial charge in [-0.1, -0.05) is 13.8 Å². The quantitative estimate of drug-likeness (QED) is 0.767. The van der Waals surface area contributed by atoms with Crippen molar-refractivity contribution in [3.05, 3.63) is 11.9 Å². The third-order valence-electron chi connectivity index (χ3n) is 2.80. The summed E-state index contributed by atoms with van der Waals surface area (Å²) in [7, 11) is 0. The number of hydrogen-bond acceptors (Lipinski definition) is 4. The fourth-order valence-corrected chi connectivity index (χ4v) is 1.80. The highest BCUT2D eigenvalue weighted by atomic mass is 16.5. The van der Waals surface area contributed by atoms with Gasteiger partial charge in [0.2, 0.25) is 0 Å². The molecule has 0 radical (unpaired) electrons. The Morgan fingerprint density at radius 1 is 1.31 bits per heavy atom. The van der Waals surface area contributed by atoms with Crippen molar-refractivity contribution in [1.82, 2.24) is 9.97 Å². The summed E-state index contributed by atoms with van der Waals surface area (Å²) in [6.45, 7) is 10.2. The minimum atomic E-state index is 0.397. The van der Waals surface area contributed by atoms with E-state index in [1.165, 1.54) is 0 Å². The molecule has 1 aliphatic rings. The average Bonchev–Trinajstić information content (AvgIpc) is 2.27. The number of hydrogen-bond donors (Lipinski definition) is 0. The maximum Gasteiger partial charge on any atom is 0.257 e. The molecular formula is C12H19N3O. The largest absolute Gasteiger partial charge is 0.473 e. The molecule has 88 valence electrons. The van der Waals surface area contributed by atoms with Crippen molar-refractivity contribution in [2.75, 3.05) is 18.1 Å². The van der Waals surface area contributed by atoms with E-state index >= 15 is 0 Å². The maximum atomic E-state index is 5.52. The van der Waals surface area contributed by atoms with Gasteiger partial charge >= 0.3 is 0 Å². The Hall–Kier alpha value is -1.32. The van der Waals surface area contributed by atoms with E-state index in [9.17, 15) is 0 Å². The molecule has 1 aliphatic heterocycles. The van der Waals surface area contributed by atoms with Crippen LogP contribution in [0.1, 0.15) is 39.3 Å². The van der Waals surface area contributed by atoms with E-state index in [2.05, 4.69) is 42.6 Å². The van der Waals surface area contributed by atoms with Crippen molar-refractivity contribution in [3.8, 4) is 5.88 Å². The van der Waals surface area contributed by atoms with E-state index in [1.54, 1.807) is 0 Å². The van der Waals surface area contributed by atoms with Gasteiger partial charge in [0.05, 0.1) is 18.4 Å². The molecule has 0 amide bonds. The Balaban J connectivity index is 2.40. The monoisotopic (exact) mass is 221 g/mol. The number of fused-ring (bicyclic) bond motifs is 1. The fraction of sp³-hybridized carbons (Fsp3) is 0.667. The van der Waals surface area contributed by atoms with Gasteiger partial charge in [0.25, 0.3) is 5.88 Å². The van der Waals surface area contributed by atoms with Gasteiger partial charge in [-0.15, -0.1) is 0 Å². The van der Waals surface area contributed by atoms with Crippen LogP contribution in [0, 0.1) is 0 Å². The van der Waals surface area contributed by atoms with Crippen molar-refractivity contribution in [2.45, 2.75) is 39.7 Å². The van der Waals surface area contributed by atoms with Gasteiger partial charge in [0, 0.05) is 6.04 Å². The predicted octanol–water partition coefficient (Wildman–Crippen LogP) is 2.21. The van der Waals surface area contributed by atoms with E-state index < -0.39 is 0 Å². The van der Waals surface area contributed by atoms with E-state index in [1.807, 2.05) is 6.20 Å². The van der Waals surface area contributed by atoms with Gasteiger partial charge in [-0.05, 0) is 19.8 Å². The topological polar surface area (TPSA) is 38.2 Å². The molecule has 0 unspecified atom stereocenters. The van der Waals surface area contributed by atoms with Gasteiger partial charge < -0.3 is 9.64 Å². The van der Waals surface area contributed by atoms with Gasteiger partial charge in [0.15, 0.2) is 5.82 Å². The van der Waals surface area contributed by atoms with Crippen LogP contribution in [0.25, 0.3) is 0 Å². The summed E-state index contributed by atoms with van der Waals surface area (Å²) in [5.41, 5.74) is 1.02. The smallest absolute Gasteiger partial charge is 0.257 e. The van der Waals surface area contributed by atoms with Crippen LogP contribution in [0.15, 0.2) is 6.20 Å². The zero-order chi connectivity index (χ0) is 11.7. The highest BCUT2D eigenvalue weighted by molar-refractivity contribution is 5.51. The van der Waals surface area contributed by atoms with Crippen LogP contribution >= 0.6 is 0 Å². The zero-order valence-corrected chi connectivity index (χ0v) is 10.4. The van der Waals surface area contributed by atoms with E-state index in [0.29, 0.717) is 24.4 Å². The SMILES string of the molecule is CC(C)c1cnc2c(n1)N(C(C)C)CCO2. The number of nitrogens with zero attached hydrogens (tertiary/aromatic N) is 3. The van der Waals surface area contributed by atoms with Crippen LogP contribution in [0.3, 0.4) is 0 Å². The lowest BCUT2D eigenvalue weighted by molar-refractivity contribution is 0.287. The summed E-state index contributed by atoms with van der Waals surface area (Å²) in [6.07, 6.45) is 1.81. The van der Waals surface area contributed by atoms with Crippen molar-refractivity contribution in [2.24, 2.45) is 0 Å². The molecule has 0 aromatic carbocycles. The lowest BCUT2D eigenvalue weighted by atomic mass is 10.1. The van der Waals surface area contributed by atoms with Crippen LogP contribution < -0.4 is 9.64 Å². The maximum absolute atomic E-state index is 5.52. The molecule has 0 spiro atoms. The van der Waals surface area contributed by atoms with Crippen LogP contribution in [0.4, 0.5) is 5.82 Å². The molecule has 0 saturated carbocycles. The second-order valence-electron chi connectivity index (χ2n) is 4.71. The van der Waals surface area contributed by atoms with E-state index in [-0.39, 0.29) is 0 Å². The Morgan fingerprint density at radius 3 is 2.69 bits per heavy atom. The Morgan fingerprint density at radius 2 is 2.06 bits per heavy atom. The van der Waals surface area contributed by atoms with Gasteiger partial charge in [-0.25, -0.2) is 9.97 Å². The second kappa shape index (κ2) is 4.28. The molecule has 2 heterocycles. The molecule has 2 rings (SSSR count). The first-order valence-electron chi connectivity index (χ1n) is 5.86. The summed E-state index contributed by atoms with van der Waals surface area (Å²) < 4.78 is 5.52. The molecule has 0 saturated heterocycles. The first kappa shape index (κ1) is 11.2. The van der Waals surface area contributed by atoms with Crippen molar-refractivity contribution >= 4 is 5.82 Å². The first-order chi connectivity index (χ1) is 7.59. The van der Waals surface area contributed by atoms with Gasteiger partial charge in [-0.2, -0.15) is 0 Å². The molecule has 1 aromatic heterocycles. The summed E-state index contributed by atoms with van der Waals surface area (Å²) in [5.74, 6) is 1.96. The summed E-state index contributed by atoms with van der Waals surface area (Å²) in [4.78, 5) is 11.2. The number of anilines is 1. The molecule has 0 bridgehead atoms. The molecule has 0 fully saturated rings. The van der Waals surface area contributed by atoms with Gasteiger partial charge in [0.1, 0.15) is 6.61 Å². The molecule has 4 heteroatoms. The molecule has 1 aromatic rings. The molecule has 0 atom stereocenters. The van der Waals surface area contributed by atoms with Crippen molar-refractivity contribution < 1.29 is 4.74 Å². The molecule has 0 N–H and O–H groups in total. The van der Waals surface area contributed by atoms with Crippen LogP contribution in [-0.4, -0.2) is 29.2 Å². The standard InChI is InChI=1S/C12H19N3O/c1-8(2)10-7-13-12-11(14-10)15(9(3)4)5-6-16-12/h7-9H,5-6H2,1-4H3. The summed E-state index contributed by atoms with van der Waals surface area (Å²) >= 11 is 0. The summed E-state index contributed by atoms with van der Waals surface area (Å²) in [5, 5.41) is 0. The molecule has 4 nitrogen and oxygen atoms in total. The van der Waals surface area contributed by atoms with E-state index in [0.717, 1.165) is 18.1 Å². The normalized spacial score (nSPS) is 15.2. The fourth-order valence-electron chi connectivity index (χ4n) is 1.80. The molecular weight excluding hydrogens is 202 g/mol. The predicted molar refractivity (Wildman–Crippen MR) is 64.1 cm³/mol. The Bertz CT molecular complexity index is 377. The van der Waals surface area contributed by atoms with Gasteiger partial charge in [-0.3, -0.25) is 0 Å². The average molecular weight is 221 g/mol. The Kier molecular flexibility index (Phi) is 2.99. The third kappa shape index (κ3) is 1.96. The number of aromatic nitrogens is 2. The number of ether oxygens (including phenoxy) is 1. The van der Waals surface area contributed by atoms with E-state index in [4.69, 9.17) is 4.74 Å². The minimum absolute atomic E-state index is 0.397. The highest BCUT2D eigenvalue weighted by Crippen LogP contribution is 2.29. The third-order valence-corrected chi connectivity index (χ3v) is 2.80. The minimum Gasteiger partial charge on any atom is -0.473 e. The summed E-state index contributed by atoms with van der Waals surface area (Å²) in [6, 6.07) is 0.430. The van der Waals surface area contributed by atoms with Crippen molar-refractivity contribution in [3.63, 3.8) is 0 Å². The highest BCUT2D eigenvalue weighted by Gasteiger charge is 2.23. The lowest BCUT2D eigenvalue weighted by Gasteiger charge is -2.32. The molecule has 16 heavy (non-hydrogen) atoms. The first-order valence-corrected chi connectivity index (χ1v) is 5.86. The molecule has 0 aliphatic carbocycles. The number of rotatable bonds is 2. The zero-order valence-electron chi connectivity index (χ0n) is 10.4. The van der Waals surface area contributed by atoms with Crippen molar-refractivity contribution in [1.29, 1.82) is 0 Å². The van der Waals surface area contributed by atoms with Crippen LogP contribution in [0.5, 0.6) is 5.88 Å². The lowest BCUT2D eigenvalue weighted by Crippen LogP contribution is -2.39. The van der Waals surface area contributed by atoms with Crippen LogP contribution in [-0.2, 0) is 0 Å². The Labute approximate surface area is 96.7 Å².